The van der Waals surface area contributed by atoms with Crippen LogP contribution in [0.3, 0.4) is 0 Å². The van der Waals surface area contributed by atoms with Gasteiger partial charge in [0.2, 0.25) is 5.91 Å². The normalized spacial score (nSPS) is 16.7. The highest BCUT2D eigenvalue weighted by molar-refractivity contribution is 6.31. The summed E-state index contributed by atoms with van der Waals surface area (Å²) < 4.78 is 0. The summed E-state index contributed by atoms with van der Waals surface area (Å²) in [5.74, 6) is 2.46. The first-order chi connectivity index (χ1) is 12.6. The molecule has 1 aromatic heterocycles. The standard InChI is InChI=1S/C20H25ClN4O/c1-2-10-25(11-9-18(26)22-15-6-7-15)20-16-8-5-14(21)12-17(16)23-19(24-20)13-3-4-13/h5,8,12-13,15H,2-4,6-7,9-11H2,1H3,(H,22,26). The molecule has 2 aliphatic rings. The lowest BCUT2D eigenvalue weighted by Crippen LogP contribution is -2.33. The number of nitrogens with zero attached hydrogens (tertiary/aromatic N) is 3. The fourth-order valence-corrected chi connectivity index (χ4v) is 3.39. The van der Waals surface area contributed by atoms with Gasteiger partial charge in [0.15, 0.2) is 0 Å². The van der Waals surface area contributed by atoms with Crippen molar-refractivity contribution in [2.75, 3.05) is 18.0 Å². The van der Waals surface area contributed by atoms with Crippen LogP contribution < -0.4 is 10.2 Å². The molecule has 1 N–H and O–H groups in total. The Kier molecular flexibility index (Phi) is 4.98. The molecule has 0 bridgehead atoms. The first-order valence-corrected chi connectivity index (χ1v) is 10.0. The predicted octanol–water partition coefficient (Wildman–Crippen LogP) is 4.05. The molecule has 0 unspecified atom stereocenters. The molecule has 2 fully saturated rings. The number of halogens is 1. The number of aromatic nitrogens is 2. The van der Waals surface area contributed by atoms with E-state index in [0.717, 1.165) is 61.2 Å². The second kappa shape index (κ2) is 7.39. The average molecular weight is 373 g/mol. The van der Waals surface area contributed by atoms with E-state index in [1.54, 1.807) is 0 Å². The maximum absolute atomic E-state index is 12.1. The Labute approximate surface area is 159 Å². The van der Waals surface area contributed by atoms with E-state index in [0.29, 0.717) is 29.9 Å². The van der Waals surface area contributed by atoms with Crippen LogP contribution in [0.25, 0.3) is 10.9 Å². The maximum Gasteiger partial charge on any atom is 0.221 e. The van der Waals surface area contributed by atoms with E-state index in [-0.39, 0.29) is 5.91 Å². The van der Waals surface area contributed by atoms with Gasteiger partial charge in [-0.3, -0.25) is 4.79 Å². The van der Waals surface area contributed by atoms with Crippen LogP contribution in [-0.2, 0) is 4.79 Å². The maximum atomic E-state index is 12.1. The van der Waals surface area contributed by atoms with Crippen LogP contribution in [-0.4, -0.2) is 35.0 Å². The highest BCUT2D eigenvalue weighted by Crippen LogP contribution is 2.40. The van der Waals surface area contributed by atoms with Crippen molar-refractivity contribution in [1.29, 1.82) is 0 Å². The van der Waals surface area contributed by atoms with Gasteiger partial charge < -0.3 is 10.2 Å². The summed E-state index contributed by atoms with van der Waals surface area (Å²) in [7, 11) is 0. The Balaban J connectivity index is 1.62. The van der Waals surface area contributed by atoms with Crippen molar-refractivity contribution >= 4 is 34.2 Å². The molecule has 1 amide bonds. The second-order valence-corrected chi connectivity index (χ2v) is 7.86. The van der Waals surface area contributed by atoms with Gasteiger partial charge in [-0.05, 0) is 50.3 Å². The van der Waals surface area contributed by atoms with E-state index in [9.17, 15) is 4.79 Å². The number of fused-ring (bicyclic) bond motifs is 1. The van der Waals surface area contributed by atoms with Crippen LogP contribution in [0.15, 0.2) is 18.2 Å². The zero-order chi connectivity index (χ0) is 18.1. The highest BCUT2D eigenvalue weighted by atomic mass is 35.5. The van der Waals surface area contributed by atoms with Gasteiger partial charge in [0.05, 0.1) is 5.52 Å². The van der Waals surface area contributed by atoms with Gasteiger partial charge in [-0.15, -0.1) is 0 Å². The van der Waals surface area contributed by atoms with Gasteiger partial charge in [-0.1, -0.05) is 18.5 Å². The molecule has 0 aliphatic heterocycles. The molecule has 1 aromatic carbocycles. The van der Waals surface area contributed by atoms with Crippen molar-refractivity contribution in [2.45, 2.75) is 57.4 Å². The van der Waals surface area contributed by atoms with Crippen LogP contribution in [0.5, 0.6) is 0 Å². The molecule has 2 saturated carbocycles. The lowest BCUT2D eigenvalue weighted by molar-refractivity contribution is -0.121. The number of amides is 1. The summed E-state index contributed by atoms with van der Waals surface area (Å²) in [5.41, 5.74) is 0.896. The van der Waals surface area contributed by atoms with E-state index in [4.69, 9.17) is 21.6 Å². The molecule has 6 heteroatoms. The van der Waals surface area contributed by atoms with Crippen molar-refractivity contribution in [2.24, 2.45) is 0 Å². The topological polar surface area (TPSA) is 58.1 Å². The monoisotopic (exact) mass is 372 g/mol. The summed E-state index contributed by atoms with van der Waals surface area (Å²) in [6.07, 6.45) is 6.04. The molecule has 0 radical (unpaired) electrons. The highest BCUT2D eigenvalue weighted by Gasteiger charge is 2.29. The van der Waals surface area contributed by atoms with E-state index in [1.807, 2.05) is 18.2 Å². The van der Waals surface area contributed by atoms with Crippen molar-refractivity contribution in [3.05, 3.63) is 29.0 Å². The Bertz CT molecular complexity index is 817. The molecule has 5 nitrogen and oxygen atoms in total. The lowest BCUT2D eigenvalue weighted by Gasteiger charge is -2.25. The van der Waals surface area contributed by atoms with Gasteiger partial charge in [0.1, 0.15) is 11.6 Å². The smallest absolute Gasteiger partial charge is 0.221 e. The van der Waals surface area contributed by atoms with Gasteiger partial charge >= 0.3 is 0 Å². The summed E-state index contributed by atoms with van der Waals surface area (Å²) in [5, 5.41) is 4.77. The molecule has 138 valence electrons. The molecule has 1 heterocycles. The molecule has 2 aromatic rings. The number of anilines is 1. The minimum atomic E-state index is 0.137. The van der Waals surface area contributed by atoms with Crippen molar-refractivity contribution in [3.8, 4) is 0 Å². The molecule has 26 heavy (non-hydrogen) atoms. The zero-order valence-electron chi connectivity index (χ0n) is 15.2. The Morgan fingerprint density at radius 2 is 2.04 bits per heavy atom. The lowest BCUT2D eigenvalue weighted by atomic mass is 10.2. The second-order valence-electron chi connectivity index (χ2n) is 7.42. The number of hydrogen-bond acceptors (Lipinski definition) is 4. The molecular formula is C20H25ClN4O. The Hall–Kier alpha value is -1.88. The SMILES string of the molecule is CCCN(CCC(=O)NC1CC1)c1nc(C2CC2)nc2cc(Cl)ccc12. The molecule has 0 atom stereocenters. The van der Waals surface area contributed by atoms with E-state index >= 15 is 0 Å². The summed E-state index contributed by atoms with van der Waals surface area (Å²) in [4.78, 5) is 24.0. The molecule has 0 spiro atoms. The Morgan fingerprint density at radius 1 is 1.23 bits per heavy atom. The molecule has 2 aliphatic carbocycles. The van der Waals surface area contributed by atoms with E-state index in [1.165, 1.54) is 0 Å². The third-order valence-electron chi connectivity index (χ3n) is 4.94. The fourth-order valence-electron chi connectivity index (χ4n) is 3.23. The predicted molar refractivity (Wildman–Crippen MR) is 105 cm³/mol. The first kappa shape index (κ1) is 17.5. The molecular weight excluding hydrogens is 348 g/mol. The van der Waals surface area contributed by atoms with Crippen LogP contribution in [0.4, 0.5) is 5.82 Å². The van der Waals surface area contributed by atoms with Gasteiger partial charge in [0, 0.05) is 41.9 Å². The fraction of sp³-hybridized carbons (Fsp3) is 0.550. The number of benzene rings is 1. The summed E-state index contributed by atoms with van der Waals surface area (Å²) in [6.45, 7) is 3.69. The summed E-state index contributed by atoms with van der Waals surface area (Å²) >= 11 is 6.19. The van der Waals surface area contributed by atoms with Crippen molar-refractivity contribution < 1.29 is 4.79 Å². The first-order valence-electron chi connectivity index (χ1n) is 9.65. The minimum Gasteiger partial charge on any atom is -0.355 e. The minimum absolute atomic E-state index is 0.137. The number of carbonyl (C=O) groups excluding carboxylic acids is 1. The number of hydrogen-bond donors (Lipinski definition) is 1. The zero-order valence-corrected chi connectivity index (χ0v) is 15.9. The van der Waals surface area contributed by atoms with Crippen LogP contribution >= 0.6 is 11.6 Å². The van der Waals surface area contributed by atoms with E-state index in [2.05, 4.69) is 17.1 Å². The van der Waals surface area contributed by atoms with Crippen LogP contribution in [0.2, 0.25) is 5.02 Å². The molecule has 4 rings (SSSR count). The third kappa shape index (κ3) is 4.09. The Morgan fingerprint density at radius 3 is 2.73 bits per heavy atom. The van der Waals surface area contributed by atoms with Crippen molar-refractivity contribution in [1.82, 2.24) is 15.3 Å². The van der Waals surface area contributed by atoms with Gasteiger partial charge in [0.25, 0.3) is 0 Å². The number of rotatable bonds is 8. The van der Waals surface area contributed by atoms with E-state index < -0.39 is 0 Å². The number of carbonyl (C=O) groups is 1. The average Bonchev–Trinajstić information content (AvgIpc) is 3.51. The largest absolute Gasteiger partial charge is 0.355 e. The molecule has 0 saturated heterocycles. The van der Waals surface area contributed by atoms with Crippen LogP contribution in [0.1, 0.15) is 57.2 Å². The van der Waals surface area contributed by atoms with Crippen LogP contribution in [0, 0.1) is 0 Å². The number of nitrogens with one attached hydrogen (secondary N) is 1. The van der Waals surface area contributed by atoms with Gasteiger partial charge in [-0.25, -0.2) is 9.97 Å². The summed E-state index contributed by atoms with van der Waals surface area (Å²) in [6, 6.07) is 6.21. The van der Waals surface area contributed by atoms with Gasteiger partial charge in [-0.2, -0.15) is 0 Å². The van der Waals surface area contributed by atoms with Crippen molar-refractivity contribution in [3.63, 3.8) is 0 Å². The third-order valence-corrected chi connectivity index (χ3v) is 5.18. The quantitative estimate of drug-likeness (QED) is 0.759.